The molecule has 0 saturated heterocycles. The minimum absolute atomic E-state index is 0.0401. The zero-order chi connectivity index (χ0) is 20.5. The van der Waals surface area contributed by atoms with E-state index in [1.165, 1.54) is 0 Å². The molecule has 4 nitrogen and oxygen atoms in total. The second-order valence-electron chi connectivity index (χ2n) is 6.14. The Hall–Kier alpha value is -2.15. The van der Waals surface area contributed by atoms with Gasteiger partial charge in [0.1, 0.15) is 11.1 Å². The van der Waals surface area contributed by atoms with E-state index in [9.17, 15) is 23.2 Å². The van der Waals surface area contributed by atoms with Crippen LogP contribution in [0.25, 0.3) is 0 Å². The maximum absolute atomic E-state index is 12.9. The number of rotatable bonds is 2. The third kappa shape index (κ3) is 4.29. The van der Waals surface area contributed by atoms with Gasteiger partial charge in [-0.2, -0.15) is 18.4 Å². The number of halogens is 4. The molecule has 1 aromatic heterocycles. The molecular weight excluding hydrogens is 431 g/mol. The zero-order valence-electron chi connectivity index (χ0n) is 14.2. The van der Waals surface area contributed by atoms with Gasteiger partial charge in [0.05, 0.1) is 25.7 Å². The molecular formula is C18H13ClF3N3OS2. The number of benzene rings is 1. The van der Waals surface area contributed by atoms with Crippen LogP contribution in [-0.4, -0.2) is 6.03 Å². The van der Waals surface area contributed by atoms with Crippen molar-refractivity contribution in [3.05, 3.63) is 49.3 Å². The summed E-state index contributed by atoms with van der Waals surface area (Å²) in [7, 11) is 0. The van der Waals surface area contributed by atoms with Crippen LogP contribution >= 0.6 is 35.2 Å². The lowest BCUT2D eigenvalue weighted by atomic mass is 9.91. The van der Waals surface area contributed by atoms with Crippen LogP contribution in [0.4, 0.5) is 28.7 Å². The average Bonchev–Trinajstić information content (AvgIpc) is 2.63. The molecule has 1 aliphatic rings. The first-order chi connectivity index (χ1) is 13.2. The minimum atomic E-state index is -4.57. The maximum Gasteiger partial charge on any atom is 0.416 e. The molecule has 0 saturated carbocycles. The number of nitrogens with one attached hydrogen (secondary N) is 2. The number of urea groups is 1. The highest BCUT2D eigenvalue weighted by Gasteiger charge is 2.31. The lowest BCUT2D eigenvalue weighted by Gasteiger charge is -2.19. The summed E-state index contributed by atoms with van der Waals surface area (Å²) in [6.07, 6.45) is -1.15. The molecule has 1 aromatic carbocycles. The highest BCUT2D eigenvalue weighted by Crippen LogP contribution is 2.36. The largest absolute Gasteiger partial charge is 0.416 e. The van der Waals surface area contributed by atoms with E-state index in [1.807, 2.05) is 0 Å². The molecule has 3 rings (SSSR count). The van der Waals surface area contributed by atoms with Gasteiger partial charge in [-0.05, 0) is 55.0 Å². The summed E-state index contributed by atoms with van der Waals surface area (Å²) in [6.45, 7) is 0. The molecule has 0 bridgehead atoms. The third-order valence-electron chi connectivity index (χ3n) is 4.32. The number of hydrogen-bond acceptors (Lipinski definition) is 4. The second-order valence-corrected chi connectivity index (χ2v) is 8.24. The number of nitrogens with zero attached hydrogens (tertiary/aromatic N) is 1. The zero-order valence-corrected chi connectivity index (χ0v) is 16.6. The van der Waals surface area contributed by atoms with E-state index in [0.29, 0.717) is 15.8 Å². The van der Waals surface area contributed by atoms with Gasteiger partial charge in [0, 0.05) is 0 Å². The smallest absolute Gasteiger partial charge is 0.306 e. The maximum atomic E-state index is 12.9. The number of amides is 2. The van der Waals surface area contributed by atoms with Crippen LogP contribution < -0.4 is 10.6 Å². The van der Waals surface area contributed by atoms with E-state index in [0.717, 1.165) is 59.9 Å². The Morgan fingerprint density at radius 2 is 1.89 bits per heavy atom. The summed E-state index contributed by atoms with van der Waals surface area (Å²) in [5.41, 5.74) is 1.03. The van der Waals surface area contributed by atoms with Crippen molar-refractivity contribution in [3.8, 4) is 6.07 Å². The molecule has 146 valence electrons. The van der Waals surface area contributed by atoms with Gasteiger partial charge < -0.3 is 5.32 Å². The molecule has 2 N–H and O–H groups in total. The van der Waals surface area contributed by atoms with Crippen molar-refractivity contribution in [1.29, 1.82) is 5.26 Å². The summed E-state index contributed by atoms with van der Waals surface area (Å²) >= 11 is 12.4. The molecule has 1 aliphatic carbocycles. The van der Waals surface area contributed by atoms with E-state index >= 15 is 0 Å². The Morgan fingerprint density at radius 3 is 2.54 bits per heavy atom. The summed E-state index contributed by atoms with van der Waals surface area (Å²) < 4.78 is 39.2. The fourth-order valence-corrected chi connectivity index (χ4v) is 4.60. The second kappa shape index (κ2) is 8.07. The quantitative estimate of drug-likeness (QED) is 0.517. The first-order valence-electron chi connectivity index (χ1n) is 8.24. The van der Waals surface area contributed by atoms with Crippen LogP contribution in [0.5, 0.6) is 0 Å². The van der Waals surface area contributed by atoms with Crippen molar-refractivity contribution in [2.24, 2.45) is 0 Å². The molecule has 2 aromatic rings. The standard InChI is InChI=1S/C18H13ClF3N3OS2/c19-13-6-5-9(18(20,21)22)7-14(13)24-17(26)25-15-12(8-23)10-3-1-2-4-11(10)16(27)28-15/h5-7H,1-4H2,(H2,24,25,26). The van der Waals surface area contributed by atoms with E-state index < -0.39 is 17.8 Å². The van der Waals surface area contributed by atoms with E-state index in [4.69, 9.17) is 23.8 Å². The van der Waals surface area contributed by atoms with Crippen LogP contribution in [0.2, 0.25) is 5.02 Å². The SMILES string of the molecule is N#Cc1c(NC(=O)Nc2cc(C(F)(F)F)ccc2Cl)sc(=S)c2c1CCCC2. The molecule has 1 heterocycles. The van der Waals surface area contributed by atoms with Crippen molar-refractivity contribution in [2.45, 2.75) is 31.9 Å². The number of alkyl halides is 3. The molecule has 10 heteroatoms. The van der Waals surface area contributed by atoms with Gasteiger partial charge in [-0.25, -0.2) is 4.79 Å². The van der Waals surface area contributed by atoms with Gasteiger partial charge >= 0.3 is 12.2 Å². The molecule has 28 heavy (non-hydrogen) atoms. The predicted molar refractivity (Wildman–Crippen MR) is 106 cm³/mol. The van der Waals surface area contributed by atoms with Gasteiger partial charge in [-0.3, -0.25) is 5.32 Å². The average molecular weight is 444 g/mol. The number of carbonyl (C=O) groups excluding carboxylic acids is 1. The van der Waals surface area contributed by atoms with Crippen molar-refractivity contribution in [3.63, 3.8) is 0 Å². The van der Waals surface area contributed by atoms with Gasteiger partial charge in [0.15, 0.2) is 0 Å². The van der Waals surface area contributed by atoms with Crippen LogP contribution in [0.3, 0.4) is 0 Å². The summed E-state index contributed by atoms with van der Waals surface area (Å²) in [5, 5.41) is 14.6. The Balaban J connectivity index is 1.88. The molecule has 0 spiro atoms. The summed E-state index contributed by atoms with van der Waals surface area (Å²) in [5.74, 6) is 0. The Bertz CT molecular complexity index is 1040. The number of fused-ring (bicyclic) bond motifs is 1. The van der Waals surface area contributed by atoms with Crippen LogP contribution in [0.1, 0.15) is 35.1 Å². The molecule has 0 fully saturated rings. The minimum Gasteiger partial charge on any atom is -0.306 e. The lowest BCUT2D eigenvalue weighted by molar-refractivity contribution is -0.137. The normalized spacial score (nSPS) is 13.4. The molecule has 0 radical (unpaired) electrons. The van der Waals surface area contributed by atoms with Gasteiger partial charge in [0.2, 0.25) is 0 Å². The summed E-state index contributed by atoms with van der Waals surface area (Å²) in [6, 6.07) is 3.94. The first-order valence-corrected chi connectivity index (χ1v) is 9.84. The molecule has 0 unspecified atom stereocenters. The van der Waals surface area contributed by atoms with E-state index in [-0.39, 0.29) is 15.7 Å². The first kappa shape index (κ1) is 20.6. The Kier molecular flexibility index (Phi) is 5.93. The fraction of sp³-hybridized carbons (Fsp3) is 0.278. The highest BCUT2D eigenvalue weighted by molar-refractivity contribution is 7.73. The van der Waals surface area contributed by atoms with Crippen LogP contribution in [0, 0.1) is 15.2 Å². The number of hydrogen-bond donors (Lipinski definition) is 2. The van der Waals surface area contributed by atoms with Crippen molar-refractivity contribution < 1.29 is 18.0 Å². The molecule has 0 aliphatic heterocycles. The van der Waals surface area contributed by atoms with Crippen molar-refractivity contribution in [1.82, 2.24) is 0 Å². The summed E-state index contributed by atoms with van der Waals surface area (Å²) in [4.78, 5) is 12.3. The van der Waals surface area contributed by atoms with Crippen molar-refractivity contribution >= 4 is 51.9 Å². The number of nitriles is 1. The molecule has 0 atom stereocenters. The van der Waals surface area contributed by atoms with Gasteiger partial charge in [0.25, 0.3) is 0 Å². The Morgan fingerprint density at radius 1 is 1.21 bits per heavy atom. The van der Waals surface area contributed by atoms with Gasteiger partial charge in [-0.15, -0.1) is 11.3 Å². The van der Waals surface area contributed by atoms with Gasteiger partial charge in [-0.1, -0.05) is 23.8 Å². The fourth-order valence-electron chi connectivity index (χ4n) is 3.01. The number of anilines is 2. The number of carbonyl (C=O) groups is 1. The highest BCUT2D eigenvalue weighted by atomic mass is 35.5. The Labute approximate surface area is 173 Å². The third-order valence-corrected chi connectivity index (χ3v) is 6.09. The topological polar surface area (TPSA) is 64.9 Å². The molecule has 2 amide bonds. The van der Waals surface area contributed by atoms with E-state index in [1.54, 1.807) is 0 Å². The predicted octanol–water partition coefficient (Wildman–Crippen LogP) is 6.54. The van der Waals surface area contributed by atoms with Crippen LogP contribution in [0.15, 0.2) is 18.2 Å². The van der Waals surface area contributed by atoms with Crippen LogP contribution in [-0.2, 0) is 19.0 Å². The van der Waals surface area contributed by atoms with E-state index in [2.05, 4.69) is 16.7 Å². The lowest BCUT2D eigenvalue weighted by Crippen LogP contribution is -2.21. The monoisotopic (exact) mass is 443 g/mol. The van der Waals surface area contributed by atoms with Crippen molar-refractivity contribution in [2.75, 3.05) is 10.6 Å².